The lowest BCUT2D eigenvalue weighted by Crippen LogP contribution is -2.15. The summed E-state index contributed by atoms with van der Waals surface area (Å²) in [5.74, 6) is -1.03. The minimum Gasteiger partial charge on any atom is -0.408 e. The molecule has 0 atom stereocenters. The van der Waals surface area contributed by atoms with Gasteiger partial charge in [0.1, 0.15) is 5.82 Å². The Labute approximate surface area is 132 Å². The number of fused-ring (bicyclic) bond motifs is 1. The first kappa shape index (κ1) is 13.6. The van der Waals surface area contributed by atoms with E-state index >= 15 is 0 Å². The third-order valence-electron chi connectivity index (χ3n) is 2.99. The summed E-state index contributed by atoms with van der Waals surface area (Å²) in [6.07, 6.45) is 0. The van der Waals surface area contributed by atoms with Gasteiger partial charge in [-0.15, -0.1) is 0 Å². The van der Waals surface area contributed by atoms with E-state index in [1.807, 2.05) is 12.1 Å². The van der Waals surface area contributed by atoms with Crippen molar-refractivity contribution in [2.45, 2.75) is 6.54 Å². The maximum absolute atomic E-state index is 13.9. The van der Waals surface area contributed by atoms with E-state index in [0.717, 1.165) is 3.57 Å². The molecule has 0 fully saturated rings. The molecule has 0 aliphatic carbocycles. The quantitative estimate of drug-likeness (QED) is 0.606. The summed E-state index contributed by atoms with van der Waals surface area (Å²) in [6, 6.07) is 10.1. The summed E-state index contributed by atoms with van der Waals surface area (Å²) >= 11 is 7.89. The predicted octanol–water partition coefficient (Wildman–Crippen LogP) is 4.04. The van der Waals surface area contributed by atoms with Crippen LogP contribution in [0.4, 0.5) is 4.39 Å². The van der Waals surface area contributed by atoms with Crippen LogP contribution in [0.25, 0.3) is 11.1 Å². The van der Waals surface area contributed by atoms with Crippen LogP contribution in [0.3, 0.4) is 0 Å². The fraction of sp³-hybridized carbons (Fsp3) is 0.0714. The van der Waals surface area contributed by atoms with Crippen molar-refractivity contribution >= 4 is 45.3 Å². The zero-order chi connectivity index (χ0) is 14.3. The molecule has 3 nitrogen and oxygen atoms in total. The van der Waals surface area contributed by atoms with Crippen LogP contribution in [0.15, 0.2) is 45.6 Å². The molecule has 102 valence electrons. The number of hydrogen-bond acceptors (Lipinski definition) is 2. The average Bonchev–Trinajstić information content (AvgIpc) is 2.71. The summed E-state index contributed by atoms with van der Waals surface area (Å²) < 4.78 is 21.4. The Morgan fingerprint density at radius 3 is 2.90 bits per heavy atom. The van der Waals surface area contributed by atoms with Crippen molar-refractivity contribution in [2.75, 3.05) is 0 Å². The second kappa shape index (κ2) is 5.21. The SMILES string of the molecule is O=c1oc2ccc(I)cc2n1Cc1cccc(Cl)c1F. The largest absolute Gasteiger partial charge is 0.420 e. The van der Waals surface area contributed by atoms with Crippen LogP contribution in [0.2, 0.25) is 5.02 Å². The van der Waals surface area contributed by atoms with Crippen LogP contribution < -0.4 is 5.76 Å². The average molecular weight is 404 g/mol. The van der Waals surface area contributed by atoms with Crippen molar-refractivity contribution in [1.29, 1.82) is 0 Å². The lowest BCUT2D eigenvalue weighted by atomic mass is 10.2. The van der Waals surface area contributed by atoms with Gasteiger partial charge in [0, 0.05) is 9.13 Å². The molecule has 3 aromatic rings. The molecule has 3 rings (SSSR count). The summed E-state index contributed by atoms with van der Waals surface area (Å²) in [5, 5.41) is 0.0397. The van der Waals surface area contributed by atoms with Crippen molar-refractivity contribution in [2.24, 2.45) is 0 Å². The number of rotatable bonds is 2. The summed E-state index contributed by atoms with van der Waals surface area (Å²) in [7, 11) is 0. The van der Waals surface area contributed by atoms with E-state index in [1.54, 1.807) is 18.2 Å². The number of hydrogen-bond donors (Lipinski definition) is 0. The van der Waals surface area contributed by atoms with Crippen LogP contribution in [-0.2, 0) is 6.54 Å². The van der Waals surface area contributed by atoms with Crippen LogP contribution in [-0.4, -0.2) is 4.57 Å². The van der Waals surface area contributed by atoms with Crippen LogP contribution in [0.1, 0.15) is 5.56 Å². The minimum absolute atomic E-state index is 0.0397. The molecule has 0 unspecified atom stereocenters. The van der Waals surface area contributed by atoms with Crippen molar-refractivity contribution in [3.63, 3.8) is 0 Å². The molecule has 6 heteroatoms. The lowest BCUT2D eigenvalue weighted by molar-refractivity contribution is 0.512. The first-order chi connectivity index (χ1) is 9.56. The maximum atomic E-state index is 13.9. The molecule has 0 spiro atoms. The Bertz CT molecular complexity index is 856. The second-order valence-corrected chi connectivity index (χ2v) is 5.93. The van der Waals surface area contributed by atoms with Gasteiger partial charge < -0.3 is 4.42 Å². The van der Waals surface area contributed by atoms with Crippen LogP contribution >= 0.6 is 34.2 Å². The summed E-state index contributed by atoms with van der Waals surface area (Å²) in [5.41, 5.74) is 1.47. The number of aromatic nitrogens is 1. The lowest BCUT2D eigenvalue weighted by Gasteiger charge is -2.05. The molecule has 0 radical (unpaired) electrons. The van der Waals surface area contributed by atoms with Gasteiger partial charge in [-0.2, -0.15) is 0 Å². The highest BCUT2D eigenvalue weighted by Crippen LogP contribution is 2.21. The number of halogens is 3. The Balaban J connectivity index is 2.15. The Kier molecular flexibility index (Phi) is 3.55. The van der Waals surface area contributed by atoms with Gasteiger partial charge in [-0.3, -0.25) is 4.57 Å². The third-order valence-corrected chi connectivity index (χ3v) is 3.95. The van der Waals surface area contributed by atoms with Crippen molar-refractivity contribution in [3.05, 3.63) is 66.9 Å². The molecule has 0 aliphatic heterocycles. The molecule has 1 heterocycles. The molecule has 0 amide bonds. The first-order valence-electron chi connectivity index (χ1n) is 5.78. The maximum Gasteiger partial charge on any atom is 0.420 e. The van der Waals surface area contributed by atoms with Crippen LogP contribution in [0, 0.1) is 9.39 Å². The molecule has 0 N–H and O–H groups in total. The molecular formula is C14H8ClFINO2. The van der Waals surface area contributed by atoms with Crippen molar-refractivity contribution in [1.82, 2.24) is 4.57 Å². The monoisotopic (exact) mass is 403 g/mol. The van der Waals surface area contributed by atoms with Gasteiger partial charge in [0.25, 0.3) is 0 Å². The second-order valence-electron chi connectivity index (χ2n) is 4.28. The zero-order valence-electron chi connectivity index (χ0n) is 10.1. The number of nitrogens with zero attached hydrogens (tertiary/aromatic N) is 1. The van der Waals surface area contributed by atoms with Gasteiger partial charge in [0.05, 0.1) is 17.1 Å². The molecule has 20 heavy (non-hydrogen) atoms. The Morgan fingerprint density at radius 2 is 2.10 bits per heavy atom. The standard InChI is InChI=1S/C14H8ClFINO2/c15-10-3-1-2-8(13(10)16)7-18-11-6-9(17)4-5-12(11)20-14(18)19/h1-6H,7H2. The van der Waals surface area contributed by atoms with Gasteiger partial charge in [-0.25, -0.2) is 9.18 Å². The minimum atomic E-state index is -0.513. The molecule has 0 bridgehead atoms. The summed E-state index contributed by atoms with van der Waals surface area (Å²) in [6.45, 7) is 0.0817. The van der Waals surface area contributed by atoms with Gasteiger partial charge >= 0.3 is 5.76 Å². The Morgan fingerprint density at radius 1 is 1.30 bits per heavy atom. The fourth-order valence-electron chi connectivity index (χ4n) is 2.03. The van der Waals surface area contributed by atoms with E-state index in [2.05, 4.69) is 22.6 Å². The predicted molar refractivity (Wildman–Crippen MR) is 83.7 cm³/mol. The van der Waals surface area contributed by atoms with E-state index < -0.39 is 11.6 Å². The van der Waals surface area contributed by atoms with Crippen LogP contribution in [0.5, 0.6) is 0 Å². The summed E-state index contributed by atoms with van der Waals surface area (Å²) in [4.78, 5) is 11.9. The highest BCUT2D eigenvalue weighted by atomic mass is 127. The Hall–Kier alpha value is -1.34. The molecule has 0 saturated heterocycles. The topological polar surface area (TPSA) is 35.1 Å². The first-order valence-corrected chi connectivity index (χ1v) is 7.24. The van der Waals surface area contributed by atoms with Gasteiger partial charge in [0.15, 0.2) is 5.58 Å². The molecule has 0 saturated carbocycles. The van der Waals surface area contributed by atoms with E-state index in [1.165, 1.54) is 10.6 Å². The highest BCUT2D eigenvalue weighted by molar-refractivity contribution is 14.1. The van der Waals surface area contributed by atoms with E-state index in [9.17, 15) is 9.18 Å². The van der Waals surface area contributed by atoms with Gasteiger partial charge in [-0.1, -0.05) is 23.7 Å². The van der Waals surface area contributed by atoms with Crippen molar-refractivity contribution < 1.29 is 8.81 Å². The normalized spacial score (nSPS) is 11.2. The van der Waals surface area contributed by atoms with Crippen molar-refractivity contribution in [3.8, 4) is 0 Å². The zero-order valence-corrected chi connectivity index (χ0v) is 13.0. The molecular weight excluding hydrogens is 396 g/mol. The van der Waals surface area contributed by atoms with Gasteiger partial charge in [-0.05, 0) is 46.9 Å². The number of oxazole rings is 1. The van der Waals surface area contributed by atoms with E-state index in [4.69, 9.17) is 16.0 Å². The molecule has 1 aromatic heterocycles. The molecule has 2 aromatic carbocycles. The number of benzene rings is 2. The van der Waals surface area contributed by atoms with E-state index in [0.29, 0.717) is 16.7 Å². The fourth-order valence-corrected chi connectivity index (χ4v) is 2.69. The van der Waals surface area contributed by atoms with Gasteiger partial charge in [0.2, 0.25) is 0 Å². The van der Waals surface area contributed by atoms with E-state index in [-0.39, 0.29) is 11.6 Å². The highest BCUT2D eigenvalue weighted by Gasteiger charge is 2.13. The smallest absolute Gasteiger partial charge is 0.408 e. The third kappa shape index (κ3) is 2.35. The molecule has 0 aliphatic rings.